The van der Waals surface area contributed by atoms with Crippen LogP contribution in [0.5, 0.6) is 0 Å². The number of fused-ring (bicyclic) bond motifs is 1. The van der Waals surface area contributed by atoms with E-state index in [-0.39, 0.29) is 5.91 Å². The Balaban J connectivity index is 1.65. The Hall–Kier alpha value is -2.44. The minimum Gasteiger partial charge on any atom is -0.319 e. The molecule has 1 fully saturated rings. The molecule has 134 valence electrons. The predicted octanol–water partition coefficient (Wildman–Crippen LogP) is 3.44. The second-order valence-electron chi connectivity index (χ2n) is 6.71. The van der Waals surface area contributed by atoms with Crippen LogP contribution in [0.15, 0.2) is 42.6 Å². The summed E-state index contributed by atoms with van der Waals surface area (Å²) < 4.78 is 1.98. The molecule has 26 heavy (non-hydrogen) atoms. The highest BCUT2D eigenvalue weighted by Gasteiger charge is 2.24. The van der Waals surface area contributed by atoms with Gasteiger partial charge in [-0.05, 0) is 50.7 Å². The van der Waals surface area contributed by atoms with Gasteiger partial charge in [0, 0.05) is 18.7 Å². The van der Waals surface area contributed by atoms with E-state index < -0.39 is 0 Å². The van der Waals surface area contributed by atoms with E-state index in [2.05, 4.69) is 27.5 Å². The molecule has 1 unspecified atom stereocenters. The number of nitrogens with zero attached hydrogens (tertiary/aromatic N) is 4. The number of benzene rings is 1. The number of hydrogen-bond acceptors (Lipinski definition) is 4. The zero-order valence-corrected chi connectivity index (χ0v) is 15.3. The molecule has 7 heteroatoms. The van der Waals surface area contributed by atoms with Crippen LogP contribution >= 0.6 is 11.6 Å². The number of anilines is 1. The van der Waals surface area contributed by atoms with Crippen LogP contribution in [0.1, 0.15) is 34.9 Å². The third-order valence-corrected chi connectivity index (χ3v) is 5.15. The van der Waals surface area contributed by atoms with Gasteiger partial charge in [0.15, 0.2) is 5.65 Å². The molecule has 0 radical (unpaired) electrons. The van der Waals surface area contributed by atoms with Crippen molar-refractivity contribution in [1.29, 1.82) is 0 Å². The number of halogens is 1. The van der Waals surface area contributed by atoms with E-state index in [0.717, 1.165) is 31.8 Å². The summed E-state index contributed by atoms with van der Waals surface area (Å²) in [6.45, 7) is 2.09. The molecule has 1 aliphatic heterocycles. The number of carbonyl (C=O) groups is 1. The summed E-state index contributed by atoms with van der Waals surface area (Å²) in [6.07, 6.45) is 4.20. The van der Waals surface area contributed by atoms with Gasteiger partial charge in [0.05, 0.1) is 16.3 Å². The average Bonchev–Trinajstić information content (AvgIpc) is 3.07. The second-order valence-corrected chi connectivity index (χ2v) is 7.12. The Morgan fingerprint density at radius 3 is 2.88 bits per heavy atom. The van der Waals surface area contributed by atoms with Crippen LogP contribution in [0.4, 0.5) is 5.69 Å². The molecule has 3 heterocycles. The van der Waals surface area contributed by atoms with E-state index in [0.29, 0.717) is 27.8 Å². The van der Waals surface area contributed by atoms with Crippen molar-refractivity contribution < 1.29 is 4.79 Å². The van der Waals surface area contributed by atoms with Gasteiger partial charge in [-0.3, -0.25) is 9.20 Å². The standard InChI is InChI=1S/C19H20ClN5O/c1-24-10-4-6-13(12-24)17-22-23-18-16(9-5-11-25(17)18)21-19(26)14-7-2-3-8-15(14)20/h2-3,5,7-9,11,13H,4,6,10,12H2,1H3,(H,21,26). The molecular formula is C19H20ClN5O. The topological polar surface area (TPSA) is 62.5 Å². The number of rotatable bonds is 3. The molecule has 0 spiro atoms. The van der Waals surface area contributed by atoms with E-state index in [4.69, 9.17) is 11.6 Å². The number of amides is 1. The highest BCUT2D eigenvalue weighted by Crippen LogP contribution is 2.27. The molecule has 0 saturated carbocycles. The summed E-state index contributed by atoms with van der Waals surface area (Å²) in [5.41, 5.74) is 1.71. The van der Waals surface area contributed by atoms with E-state index >= 15 is 0 Å². The van der Waals surface area contributed by atoms with Crippen LogP contribution < -0.4 is 5.32 Å². The zero-order chi connectivity index (χ0) is 18.1. The van der Waals surface area contributed by atoms with Crippen molar-refractivity contribution in [2.45, 2.75) is 18.8 Å². The number of likely N-dealkylation sites (tertiary alicyclic amines) is 1. The lowest BCUT2D eigenvalue weighted by atomic mass is 9.98. The molecule has 1 aliphatic rings. The Kier molecular flexibility index (Phi) is 4.61. The number of hydrogen-bond donors (Lipinski definition) is 1. The number of carbonyl (C=O) groups excluding carboxylic acids is 1. The molecule has 4 rings (SSSR count). The molecule has 1 saturated heterocycles. The van der Waals surface area contributed by atoms with Gasteiger partial charge in [0.25, 0.3) is 5.91 Å². The lowest BCUT2D eigenvalue weighted by Crippen LogP contribution is -2.31. The first-order chi connectivity index (χ1) is 12.6. The molecule has 6 nitrogen and oxygen atoms in total. The van der Waals surface area contributed by atoms with Crippen molar-refractivity contribution in [3.63, 3.8) is 0 Å². The maximum atomic E-state index is 12.6. The monoisotopic (exact) mass is 369 g/mol. The minimum absolute atomic E-state index is 0.259. The van der Waals surface area contributed by atoms with E-state index in [1.165, 1.54) is 0 Å². The molecule has 0 bridgehead atoms. The normalized spacial score (nSPS) is 18.2. The number of aromatic nitrogens is 3. The number of likely N-dealkylation sites (N-methyl/N-ethyl adjacent to an activating group) is 1. The van der Waals surface area contributed by atoms with Gasteiger partial charge in [-0.15, -0.1) is 10.2 Å². The van der Waals surface area contributed by atoms with Gasteiger partial charge in [-0.1, -0.05) is 23.7 Å². The number of piperidine rings is 1. The van der Waals surface area contributed by atoms with Gasteiger partial charge in [-0.25, -0.2) is 0 Å². The SMILES string of the molecule is CN1CCCC(c2nnc3c(NC(=O)c4ccccc4Cl)cccn23)C1. The molecular weight excluding hydrogens is 350 g/mol. The van der Waals surface area contributed by atoms with Crippen LogP contribution in [0, 0.1) is 0 Å². The maximum Gasteiger partial charge on any atom is 0.257 e. The van der Waals surface area contributed by atoms with Crippen LogP contribution in [-0.2, 0) is 0 Å². The first-order valence-electron chi connectivity index (χ1n) is 8.71. The molecule has 1 amide bonds. The summed E-state index contributed by atoms with van der Waals surface area (Å²) in [6, 6.07) is 10.7. The van der Waals surface area contributed by atoms with Crippen molar-refractivity contribution in [3.8, 4) is 0 Å². The van der Waals surface area contributed by atoms with Crippen LogP contribution in [0.3, 0.4) is 0 Å². The highest BCUT2D eigenvalue weighted by atomic mass is 35.5. The van der Waals surface area contributed by atoms with E-state index in [9.17, 15) is 4.79 Å². The third kappa shape index (κ3) is 3.18. The minimum atomic E-state index is -0.259. The molecule has 2 aromatic heterocycles. The average molecular weight is 370 g/mol. The van der Waals surface area contributed by atoms with Gasteiger partial charge in [0.1, 0.15) is 5.82 Å². The number of nitrogens with one attached hydrogen (secondary N) is 1. The Morgan fingerprint density at radius 1 is 1.23 bits per heavy atom. The highest BCUT2D eigenvalue weighted by molar-refractivity contribution is 6.34. The fourth-order valence-corrected chi connectivity index (χ4v) is 3.74. The predicted molar refractivity (Wildman–Crippen MR) is 102 cm³/mol. The Morgan fingerprint density at radius 2 is 2.08 bits per heavy atom. The summed E-state index contributed by atoms with van der Waals surface area (Å²) in [5.74, 6) is 1.03. The van der Waals surface area contributed by atoms with Crippen molar-refractivity contribution >= 4 is 28.8 Å². The fraction of sp³-hybridized carbons (Fsp3) is 0.316. The van der Waals surface area contributed by atoms with E-state index in [1.54, 1.807) is 24.3 Å². The first-order valence-corrected chi connectivity index (χ1v) is 9.09. The van der Waals surface area contributed by atoms with Gasteiger partial charge in [0.2, 0.25) is 0 Å². The molecule has 0 aliphatic carbocycles. The van der Waals surface area contributed by atoms with Crippen LogP contribution in [-0.4, -0.2) is 45.5 Å². The van der Waals surface area contributed by atoms with Crippen molar-refractivity contribution in [3.05, 3.63) is 59.0 Å². The number of pyridine rings is 1. The maximum absolute atomic E-state index is 12.6. The largest absolute Gasteiger partial charge is 0.319 e. The van der Waals surface area contributed by atoms with Crippen LogP contribution in [0.2, 0.25) is 5.02 Å². The lowest BCUT2D eigenvalue weighted by molar-refractivity contribution is 0.102. The summed E-state index contributed by atoms with van der Waals surface area (Å²) in [5, 5.41) is 12.1. The van der Waals surface area contributed by atoms with Crippen LogP contribution in [0.25, 0.3) is 5.65 Å². The van der Waals surface area contributed by atoms with Gasteiger partial charge in [-0.2, -0.15) is 0 Å². The third-order valence-electron chi connectivity index (χ3n) is 4.82. The lowest BCUT2D eigenvalue weighted by Gasteiger charge is -2.28. The molecule has 1 atom stereocenters. The second kappa shape index (κ2) is 7.05. The molecule has 1 N–H and O–H groups in total. The summed E-state index contributed by atoms with van der Waals surface area (Å²) in [4.78, 5) is 14.9. The Labute approximate surface area is 156 Å². The van der Waals surface area contributed by atoms with Crippen molar-refractivity contribution in [2.75, 3.05) is 25.5 Å². The zero-order valence-electron chi connectivity index (χ0n) is 14.5. The van der Waals surface area contributed by atoms with Crippen molar-refractivity contribution in [1.82, 2.24) is 19.5 Å². The van der Waals surface area contributed by atoms with Crippen molar-refractivity contribution in [2.24, 2.45) is 0 Å². The summed E-state index contributed by atoms with van der Waals surface area (Å²) >= 11 is 6.12. The molecule has 3 aromatic rings. The molecule has 1 aromatic carbocycles. The van der Waals surface area contributed by atoms with Gasteiger partial charge >= 0.3 is 0 Å². The van der Waals surface area contributed by atoms with Gasteiger partial charge < -0.3 is 10.2 Å². The Bertz CT molecular complexity index is 954. The summed E-state index contributed by atoms with van der Waals surface area (Å²) in [7, 11) is 2.13. The fourth-order valence-electron chi connectivity index (χ4n) is 3.52. The smallest absolute Gasteiger partial charge is 0.257 e. The van der Waals surface area contributed by atoms with E-state index in [1.807, 2.05) is 22.7 Å². The first kappa shape index (κ1) is 17.0. The quantitative estimate of drug-likeness (QED) is 0.768.